The molecular weight excluding hydrogens is 202 g/mol. The minimum absolute atomic E-state index is 0.0140. The van der Waals surface area contributed by atoms with Gasteiger partial charge in [-0.3, -0.25) is 4.79 Å². The Hall–Kier alpha value is -2.24. The van der Waals surface area contributed by atoms with Gasteiger partial charge < -0.3 is 21.1 Å². The third-order valence-electron chi connectivity index (χ3n) is 1.81. The first-order valence-corrected chi connectivity index (χ1v) is 3.98. The third-order valence-corrected chi connectivity index (χ3v) is 1.81. The number of rotatable bonds is 3. The van der Waals surface area contributed by atoms with Crippen LogP contribution in [0.25, 0.3) is 0 Å². The molecule has 5 N–H and O–H groups in total. The monoisotopic (exact) mass is 211 g/mol. The number of phenolic OH excluding ortho intramolecular Hbond substituents is 1. The van der Waals surface area contributed by atoms with Gasteiger partial charge in [0.15, 0.2) is 0 Å². The van der Waals surface area contributed by atoms with E-state index in [9.17, 15) is 14.7 Å². The van der Waals surface area contributed by atoms with Gasteiger partial charge in [-0.25, -0.2) is 4.79 Å². The van der Waals surface area contributed by atoms with Gasteiger partial charge >= 0.3 is 11.9 Å². The molecule has 0 aromatic heterocycles. The van der Waals surface area contributed by atoms with Crippen LogP contribution in [0.5, 0.6) is 5.75 Å². The van der Waals surface area contributed by atoms with Crippen molar-refractivity contribution in [2.75, 3.05) is 5.73 Å². The van der Waals surface area contributed by atoms with E-state index in [2.05, 4.69) is 0 Å². The van der Waals surface area contributed by atoms with Crippen LogP contribution in [0.2, 0.25) is 0 Å². The summed E-state index contributed by atoms with van der Waals surface area (Å²) in [6.07, 6.45) is -0.475. The Bertz CT molecular complexity index is 427. The number of carbonyl (C=O) groups is 2. The van der Waals surface area contributed by atoms with Crippen molar-refractivity contribution in [3.05, 3.63) is 23.3 Å². The van der Waals surface area contributed by atoms with Gasteiger partial charge in [0, 0.05) is 5.56 Å². The molecule has 80 valence electrons. The molecule has 15 heavy (non-hydrogen) atoms. The van der Waals surface area contributed by atoms with Crippen LogP contribution in [0.1, 0.15) is 15.9 Å². The molecule has 0 aliphatic carbocycles. The quantitative estimate of drug-likeness (QED) is 0.421. The zero-order chi connectivity index (χ0) is 11.6. The molecule has 0 aliphatic heterocycles. The first-order chi connectivity index (χ1) is 6.91. The fourth-order valence-corrected chi connectivity index (χ4v) is 1.14. The molecule has 0 saturated carbocycles. The summed E-state index contributed by atoms with van der Waals surface area (Å²) in [5.41, 5.74) is 5.02. The van der Waals surface area contributed by atoms with Gasteiger partial charge in [0.25, 0.3) is 0 Å². The second-order valence-electron chi connectivity index (χ2n) is 2.95. The number of nitrogen functional groups attached to an aromatic ring is 1. The summed E-state index contributed by atoms with van der Waals surface area (Å²) in [4.78, 5) is 21.0. The fraction of sp³-hybridized carbons (Fsp3) is 0.111. The van der Waals surface area contributed by atoms with Crippen LogP contribution >= 0.6 is 0 Å². The maximum Gasteiger partial charge on any atom is 0.335 e. The summed E-state index contributed by atoms with van der Waals surface area (Å²) in [6, 6.07) is 2.16. The summed E-state index contributed by atoms with van der Waals surface area (Å²) in [5, 5.41) is 26.6. The molecule has 6 heteroatoms. The number of anilines is 1. The van der Waals surface area contributed by atoms with Crippen LogP contribution in [0.15, 0.2) is 12.1 Å². The number of aliphatic carboxylic acids is 1. The minimum Gasteiger partial charge on any atom is -0.505 e. The van der Waals surface area contributed by atoms with Crippen molar-refractivity contribution < 1.29 is 24.9 Å². The molecule has 0 unspecified atom stereocenters. The third kappa shape index (κ3) is 2.37. The molecule has 0 fully saturated rings. The average molecular weight is 211 g/mol. The molecule has 0 heterocycles. The summed E-state index contributed by atoms with van der Waals surface area (Å²) in [6.45, 7) is 0. The lowest BCUT2D eigenvalue weighted by Crippen LogP contribution is -2.05. The van der Waals surface area contributed by atoms with Gasteiger partial charge in [0.1, 0.15) is 5.75 Å². The molecule has 0 aliphatic rings. The number of nitrogens with two attached hydrogens (primary N) is 1. The molecule has 1 aromatic carbocycles. The van der Waals surface area contributed by atoms with Crippen LogP contribution < -0.4 is 5.73 Å². The van der Waals surface area contributed by atoms with E-state index in [-0.39, 0.29) is 22.6 Å². The number of hydrogen-bond acceptors (Lipinski definition) is 4. The van der Waals surface area contributed by atoms with Gasteiger partial charge in [-0.1, -0.05) is 0 Å². The lowest BCUT2D eigenvalue weighted by molar-refractivity contribution is -0.136. The zero-order valence-electron chi connectivity index (χ0n) is 7.60. The Labute approximate surface area is 84.6 Å². The first kappa shape index (κ1) is 10.8. The summed E-state index contributed by atoms with van der Waals surface area (Å²) < 4.78 is 0. The van der Waals surface area contributed by atoms with Crippen molar-refractivity contribution in [3.63, 3.8) is 0 Å². The van der Waals surface area contributed by atoms with Crippen molar-refractivity contribution in [2.45, 2.75) is 6.42 Å². The van der Waals surface area contributed by atoms with E-state index < -0.39 is 18.4 Å². The van der Waals surface area contributed by atoms with Gasteiger partial charge in [-0.2, -0.15) is 0 Å². The van der Waals surface area contributed by atoms with Crippen LogP contribution in [-0.2, 0) is 11.2 Å². The minimum atomic E-state index is -1.23. The highest BCUT2D eigenvalue weighted by atomic mass is 16.4. The van der Waals surface area contributed by atoms with Gasteiger partial charge in [0.2, 0.25) is 0 Å². The van der Waals surface area contributed by atoms with Crippen LogP contribution in [-0.4, -0.2) is 27.3 Å². The zero-order valence-corrected chi connectivity index (χ0v) is 7.60. The highest BCUT2D eigenvalue weighted by Crippen LogP contribution is 2.27. The van der Waals surface area contributed by atoms with Crippen molar-refractivity contribution in [3.8, 4) is 5.75 Å². The van der Waals surface area contributed by atoms with E-state index in [0.29, 0.717) is 0 Å². The molecular formula is C9H9NO5. The van der Waals surface area contributed by atoms with Crippen LogP contribution in [0, 0.1) is 0 Å². The summed E-state index contributed by atoms with van der Waals surface area (Å²) in [5.74, 6) is -2.79. The Morgan fingerprint density at radius 1 is 1.27 bits per heavy atom. The maximum atomic E-state index is 10.6. The lowest BCUT2D eigenvalue weighted by Gasteiger charge is -2.06. The maximum absolute atomic E-state index is 10.6. The normalized spacial score (nSPS) is 9.87. The SMILES string of the molecule is Nc1cc(C(=O)O)cc(CC(=O)O)c1O. The Morgan fingerprint density at radius 3 is 2.33 bits per heavy atom. The van der Waals surface area contributed by atoms with Crippen molar-refractivity contribution in [1.82, 2.24) is 0 Å². The topological polar surface area (TPSA) is 121 Å². The summed E-state index contributed by atoms with van der Waals surface area (Å²) in [7, 11) is 0. The lowest BCUT2D eigenvalue weighted by atomic mass is 10.1. The number of aromatic hydroxyl groups is 1. The van der Waals surface area contributed by atoms with Gasteiger partial charge in [-0.05, 0) is 12.1 Å². The largest absolute Gasteiger partial charge is 0.505 e. The number of hydrogen-bond donors (Lipinski definition) is 4. The molecule has 0 amide bonds. The molecule has 1 aromatic rings. The number of carboxylic acids is 2. The van der Waals surface area contributed by atoms with E-state index in [0.717, 1.165) is 12.1 Å². The van der Waals surface area contributed by atoms with Crippen LogP contribution in [0.3, 0.4) is 0 Å². The first-order valence-electron chi connectivity index (χ1n) is 3.98. The van der Waals surface area contributed by atoms with E-state index >= 15 is 0 Å². The summed E-state index contributed by atoms with van der Waals surface area (Å²) >= 11 is 0. The van der Waals surface area contributed by atoms with Crippen molar-refractivity contribution >= 4 is 17.6 Å². The number of aromatic carboxylic acids is 1. The van der Waals surface area contributed by atoms with Crippen molar-refractivity contribution in [1.29, 1.82) is 0 Å². The van der Waals surface area contributed by atoms with Gasteiger partial charge in [-0.15, -0.1) is 0 Å². The molecule has 0 bridgehead atoms. The number of phenols is 1. The second-order valence-corrected chi connectivity index (χ2v) is 2.95. The predicted molar refractivity (Wildman–Crippen MR) is 50.8 cm³/mol. The van der Waals surface area contributed by atoms with Gasteiger partial charge in [0.05, 0.1) is 17.7 Å². The fourth-order valence-electron chi connectivity index (χ4n) is 1.14. The molecule has 6 nitrogen and oxygen atoms in total. The Morgan fingerprint density at radius 2 is 1.87 bits per heavy atom. The Kier molecular flexibility index (Phi) is 2.80. The van der Waals surface area contributed by atoms with Crippen molar-refractivity contribution in [2.24, 2.45) is 0 Å². The predicted octanol–water partition coefficient (Wildman–Crippen LogP) is 0.300. The molecule has 0 saturated heterocycles. The molecule has 0 spiro atoms. The second kappa shape index (κ2) is 3.87. The number of carboxylic acid groups (broad SMARTS) is 2. The number of benzene rings is 1. The average Bonchev–Trinajstić information content (AvgIpc) is 2.11. The van der Waals surface area contributed by atoms with E-state index in [4.69, 9.17) is 15.9 Å². The molecule has 0 radical (unpaired) electrons. The highest BCUT2D eigenvalue weighted by molar-refractivity contribution is 5.90. The molecule has 0 atom stereocenters. The van der Waals surface area contributed by atoms with Crippen LogP contribution in [0.4, 0.5) is 5.69 Å². The Balaban J connectivity index is 3.24. The standard InChI is InChI=1S/C9H9NO5/c10-6-2-5(9(14)15)1-4(8(6)13)3-7(11)12/h1-2,13H,3,10H2,(H,11,12)(H,14,15). The highest BCUT2D eigenvalue weighted by Gasteiger charge is 2.13. The van der Waals surface area contributed by atoms with E-state index in [1.807, 2.05) is 0 Å². The molecule has 1 rings (SSSR count). The smallest absolute Gasteiger partial charge is 0.335 e. The van der Waals surface area contributed by atoms with E-state index in [1.54, 1.807) is 0 Å². The van der Waals surface area contributed by atoms with E-state index in [1.165, 1.54) is 0 Å².